The Balaban J connectivity index is 1.87. The van der Waals surface area contributed by atoms with Crippen LogP contribution in [0.25, 0.3) is 0 Å². The monoisotopic (exact) mass is 344 g/mol. The second-order valence-electron chi connectivity index (χ2n) is 6.22. The van der Waals surface area contributed by atoms with E-state index in [0.29, 0.717) is 29.7 Å². The Bertz CT molecular complexity index is 678. The van der Waals surface area contributed by atoms with Crippen molar-refractivity contribution in [2.75, 3.05) is 13.1 Å². The highest BCUT2D eigenvalue weighted by atomic mass is 35.5. The van der Waals surface area contributed by atoms with E-state index in [9.17, 15) is 8.42 Å². The fourth-order valence-corrected chi connectivity index (χ4v) is 4.80. The minimum Gasteiger partial charge on any atom is -0.489 e. The van der Waals surface area contributed by atoms with Crippen molar-refractivity contribution >= 4 is 21.6 Å². The van der Waals surface area contributed by atoms with Gasteiger partial charge in [-0.15, -0.1) is 0 Å². The summed E-state index contributed by atoms with van der Waals surface area (Å²) >= 11 is 6.19. The van der Waals surface area contributed by atoms with Crippen molar-refractivity contribution in [3.63, 3.8) is 0 Å². The van der Waals surface area contributed by atoms with Crippen molar-refractivity contribution in [3.8, 4) is 5.75 Å². The molecule has 7 heteroatoms. The third-order valence-electron chi connectivity index (χ3n) is 4.36. The van der Waals surface area contributed by atoms with Gasteiger partial charge in [0.2, 0.25) is 10.0 Å². The molecule has 2 aliphatic heterocycles. The Kier molecular flexibility index (Phi) is 4.38. The molecule has 122 valence electrons. The topological polar surface area (TPSA) is 67.4 Å². The van der Waals surface area contributed by atoms with Crippen LogP contribution in [0.3, 0.4) is 0 Å². The van der Waals surface area contributed by atoms with Gasteiger partial charge in [-0.2, -0.15) is 0 Å². The van der Waals surface area contributed by atoms with Crippen LogP contribution in [0.15, 0.2) is 17.0 Å². The van der Waals surface area contributed by atoms with Crippen molar-refractivity contribution in [2.24, 2.45) is 5.92 Å². The van der Waals surface area contributed by atoms with Crippen LogP contribution < -0.4 is 14.8 Å². The summed E-state index contributed by atoms with van der Waals surface area (Å²) in [6.45, 7) is 5.59. The summed E-state index contributed by atoms with van der Waals surface area (Å²) in [4.78, 5) is 0.215. The van der Waals surface area contributed by atoms with Gasteiger partial charge in [0.05, 0.1) is 9.92 Å². The van der Waals surface area contributed by atoms with E-state index in [4.69, 9.17) is 16.3 Å². The molecule has 1 saturated heterocycles. The van der Waals surface area contributed by atoms with Crippen molar-refractivity contribution in [3.05, 3.63) is 22.7 Å². The Morgan fingerprint density at radius 1 is 1.36 bits per heavy atom. The number of ether oxygens (including phenoxy) is 1. The molecule has 3 atom stereocenters. The zero-order valence-electron chi connectivity index (χ0n) is 12.7. The number of nitrogens with one attached hydrogen (secondary N) is 2. The van der Waals surface area contributed by atoms with Gasteiger partial charge < -0.3 is 10.1 Å². The van der Waals surface area contributed by atoms with Crippen molar-refractivity contribution in [2.45, 2.75) is 43.7 Å². The Hall–Kier alpha value is -0.820. The lowest BCUT2D eigenvalue weighted by Gasteiger charge is -2.30. The van der Waals surface area contributed by atoms with Crippen molar-refractivity contribution < 1.29 is 13.2 Å². The van der Waals surface area contributed by atoms with Gasteiger partial charge in [-0.25, -0.2) is 13.1 Å². The summed E-state index contributed by atoms with van der Waals surface area (Å²) in [6, 6.07) is 3.05. The van der Waals surface area contributed by atoms with E-state index in [-0.39, 0.29) is 17.0 Å². The maximum atomic E-state index is 12.6. The first-order valence-corrected chi connectivity index (χ1v) is 9.45. The molecule has 2 aliphatic rings. The van der Waals surface area contributed by atoms with Crippen LogP contribution in [0.4, 0.5) is 0 Å². The van der Waals surface area contributed by atoms with Crippen LogP contribution in [0.5, 0.6) is 5.75 Å². The largest absolute Gasteiger partial charge is 0.489 e. The lowest BCUT2D eigenvalue weighted by atomic mass is 9.96. The van der Waals surface area contributed by atoms with Gasteiger partial charge in [-0.05, 0) is 37.9 Å². The fraction of sp³-hybridized carbons (Fsp3) is 0.600. The van der Waals surface area contributed by atoms with Gasteiger partial charge >= 0.3 is 0 Å². The Labute approximate surface area is 136 Å². The van der Waals surface area contributed by atoms with E-state index in [1.165, 1.54) is 6.07 Å². The second-order valence-corrected chi connectivity index (χ2v) is 8.34. The lowest BCUT2D eigenvalue weighted by molar-refractivity contribution is 0.255. The fourth-order valence-electron chi connectivity index (χ4n) is 3.03. The van der Waals surface area contributed by atoms with Gasteiger partial charge in [-0.1, -0.05) is 18.5 Å². The van der Waals surface area contributed by atoms with Crippen LogP contribution in [-0.2, 0) is 16.4 Å². The summed E-state index contributed by atoms with van der Waals surface area (Å²) in [5.41, 5.74) is 0.857. The molecule has 0 aromatic heterocycles. The van der Waals surface area contributed by atoms with E-state index in [0.717, 1.165) is 18.5 Å². The predicted molar refractivity (Wildman–Crippen MR) is 86.0 cm³/mol. The van der Waals surface area contributed by atoms with Crippen molar-refractivity contribution in [1.29, 1.82) is 0 Å². The smallest absolute Gasteiger partial charge is 0.240 e. The summed E-state index contributed by atoms with van der Waals surface area (Å²) in [6.07, 6.45) is 1.67. The van der Waals surface area contributed by atoms with E-state index >= 15 is 0 Å². The quantitative estimate of drug-likeness (QED) is 0.879. The Morgan fingerprint density at radius 2 is 2.14 bits per heavy atom. The summed E-state index contributed by atoms with van der Waals surface area (Å²) < 4.78 is 33.7. The predicted octanol–water partition coefficient (Wildman–Crippen LogP) is 1.94. The molecule has 2 N–H and O–H groups in total. The molecule has 2 heterocycles. The first-order valence-electron chi connectivity index (χ1n) is 7.59. The normalized spacial score (nSPS) is 28.2. The average Bonchev–Trinajstić information content (AvgIpc) is 2.82. The first kappa shape index (κ1) is 16.1. The molecule has 1 aromatic carbocycles. The van der Waals surface area contributed by atoms with E-state index in [1.54, 1.807) is 6.07 Å². The number of hydrogen-bond acceptors (Lipinski definition) is 4. The highest BCUT2D eigenvalue weighted by Gasteiger charge is 2.29. The van der Waals surface area contributed by atoms with Gasteiger partial charge in [0.15, 0.2) is 0 Å². The molecule has 1 aromatic rings. The molecular weight excluding hydrogens is 324 g/mol. The molecule has 0 radical (unpaired) electrons. The standard InChI is InChI=1S/C15H21ClN2O3S/c1-9-3-4-17-8-14(9)18-22(19,20)12-6-11-5-10(2)21-15(11)13(16)7-12/h6-7,9-10,14,17-18H,3-5,8H2,1-2H3. The third-order valence-corrected chi connectivity index (χ3v) is 6.11. The Morgan fingerprint density at radius 3 is 2.86 bits per heavy atom. The maximum absolute atomic E-state index is 12.6. The lowest BCUT2D eigenvalue weighted by Crippen LogP contribution is -2.50. The molecule has 0 amide bonds. The number of benzene rings is 1. The number of piperidine rings is 1. The molecule has 0 spiro atoms. The second kappa shape index (κ2) is 6.00. The molecular formula is C15H21ClN2O3S. The summed E-state index contributed by atoms with van der Waals surface area (Å²) in [5, 5.41) is 3.58. The van der Waals surface area contributed by atoms with Crippen LogP contribution in [0.1, 0.15) is 25.8 Å². The average molecular weight is 345 g/mol. The maximum Gasteiger partial charge on any atom is 0.240 e. The molecule has 0 aliphatic carbocycles. The third kappa shape index (κ3) is 3.11. The van der Waals surface area contributed by atoms with Gasteiger partial charge in [0, 0.05) is 24.6 Å². The summed E-state index contributed by atoms with van der Waals surface area (Å²) in [5.74, 6) is 0.921. The van der Waals surface area contributed by atoms with Gasteiger partial charge in [-0.3, -0.25) is 0 Å². The minimum atomic E-state index is -3.58. The first-order chi connectivity index (χ1) is 10.4. The van der Waals surface area contributed by atoms with Gasteiger partial charge in [0.25, 0.3) is 0 Å². The molecule has 3 unspecified atom stereocenters. The number of halogens is 1. The van der Waals surface area contributed by atoms with Crippen LogP contribution in [0, 0.1) is 5.92 Å². The van der Waals surface area contributed by atoms with E-state index in [1.807, 2.05) is 6.92 Å². The zero-order chi connectivity index (χ0) is 15.9. The molecule has 22 heavy (non-hydrogen) atoms. The van der Waals surface area contributed by atoms with E-state index < -0.39 is 10.0 Å². The highest BCUT2D eigenvalue weighted by Crippen LogP contribution is 2.38. The molecule has 1 fully saturated rings. The van der Waals surface area contributed by atoms with Crippen LogP contribution >= 0.6 is 11.6 Å². The summed E-state index contributed by atoms with van der Waals surface area (Å²) in [7, 11) is -3.58. The molecule has 3 rings (SSSR count). The minimum absolute atomic E-state index is 0.0287. The number of hydrogen-bond donors (Lipinski definition) is 2. The van der Waals surface area contributed by atoms with Crippen LogP contribution in [-0.4, -0.2) is 33.7 Å². The number of sulfonamides is 1. The highest BCUT2D eigenvalue weighted by molar-refractivity contribution is 7.89. The molecule has 0 saturated carbocycles. The van der Waals surface area contributed by atoms with Crippen molar-refractivity contribution in [1.82, 2.24) is 10.0 Å². The van der Waals surface area contributed by atoms with Gasteiger partial charge in [0.1, 0.15) is 11.9 Å². The number of fused-ring (bicyclic) bond motifs is 1. The number of rotatable bonds is 3. The molecule has 5 nitrogen and oxygen atoms in total. The van der Waals surface area contributed by atoms with Crippen LogP contribution in [0.2, 0.25) is 5.02 Å². The zero-order valence-corrected chi connectivity index (χ0v) is 14.3. The van der Waals surface area contributed by atoms with E-state index in [2.05, 4.69) is 17.0 Å². The molecule has 0 bridgehead atoms. The SMILES string of the molecule is CC1Cc2cc(S(=O)(=O)NC3CNCCC3C)cc(Cl)c2O1.